The molecule has 2 aromatic rings. The molecule has 6 heteroatoms. The molecule has 0 radical (unpaired) electrons. The van der Waals surface area contributed by atoms with Crippen LogP contribution in [-0.2, 0) is 4.79 Å². The van der Waals surface area contributed by atoms with Crippen molar-refractivity contribution in [1.82, 2.24) is 0 Å². The SMILES string of the molecule is Cc1cccc(OCCN2C(=O)CNc3cc(F)c(F)cc32)c1. The first-order chi connectivity index (χ1) is 11.0. The lowest BCUT2D eigenvalue weighted by atomic mass is 10.2. The van der Waals surface area contributed by atoms with E-state index < -0.39 is 11.6 Å². The fourth-order valence-corrected chi connectivity index (χ4v) is 2.51. The molecule has 0 aromatic heterocycles. The number of anilines is 2. The third-order valence-corrected chi connectivity index (χ3v) is 3.63. The van der Waals surface area contributed by atoms with Crippen molar-refractivity contribution in [3.05, 3.63) is 53.6 Å². The molecule has 0 unspecified atom stereocenters. The number of aryl methyl sites for hydroxylation is 1. The van der Waals surface area contributed by atoms with Gasteiger partial charge in [-0.25, -0.2) is 8.78 Å². The van der Waals surface area contributed by atoms with Gasteiger partial charge in [0, 0.05) is 12.1 Å². The van der Waals surface area contributed by atoms with Crippen LogP contribution in [-0.4, -0.2) is 25.6 Å². The number of carbonyl (C=O) groups is 1. The molecule has 0 spiro atoms. The van der Waals surface area contributed by atoms with Gasteiger partial charge in [-0.2, -0.15) is 0 Å². The molecule has 1 N–H and O–H groups in total. The van der Waals surface area contributed by atoms with E-state index in [4.69, 9.17) is 4.74 Å². The molecule has 1 heterocycles. The van der Waals surface area contributed by atoms with Crippen LogP contribution < -0.4 is 15.0 Å². The smallest absolute Gasteiger partial charge is 0.246 e. The van der Waals surface area contributed by atoms with Gasteiger partial charge in [-0.15, -0.1) is 0 Å². The second-order valence-electron chi connectivity index (χ2n) is 5.35. The summed E-state index contributed by atoms with van der Waals surface area (Å²) in [6, 6.07) is 9.65. The topological polar surface area (TPSA) is 41.6 Å². The van der Waals surface area contributed by atoms with Crippen LogP contribution in [0.3, 0.4) is 0 Å². The van der Waals surface area contributed by atoms with Crippen molar-refractivity contribution in [2.45, 2.75) is 6.92 Å². The van der Waals surface area contributed by atoms with Crippen molar-refractivity contribution in [2.75, 3.05) is 29.9 Å². The van der Waals surface area contributed by atoms with Gasteiger partial charge in [-0.3, -0.25) is 4.79 Å². The Bertz CT molecular complexity index is 749. The average molecular weight is 318 g/mol. The Hall–Kier alpha value is -2.63. The predicted molar refractivity (Wildman–Crippen MR) is 83.9 cm³/mol. The van der Waals surface area contributed by atoms with Crippen LogP contribution in [0.15, 0.2) is 36.4 Å². The second-order valence-corrected chi connectivity index (χ2v) is 5.35. The predicted octanol–water partition coefficient (Wildman–Crippen LogP) is 3.11. The Morgan fingerprint density at radius 3 is 2.78 bits per heavy atom. The highest BCUT2D eigenvalue weighted by Gasteiger charge is 2.25. The molecule has 0 aliphatic carbocycles. The number of rotatable bonds is 4. The third-order valence-electron chi connectivity index (χ3n) is 3.63. The van der Waals surface area contributed by atoms with Crippen LogP contribution >= 0.6 is 0 Å². The van der Waals surface area contributed by atoms with Crippen molar-refractivity contribution in [2.24, 2.45) is 0 Å². The molecule has 0 saturated carbocycles. The monoisotopic (exact) mass is 318 g/mol. The van der Waals surface area contributed by atoms with E-state index in [2.05, 4.69) is 5.32 Å². The van der Waals surface area contributed by atoms with Crippen LogP contribution in [0.2, 0.25) is 0 Å². The van der Waals surface area contributed by atoms with E-state index in [9.17, 15) is 13.6 Å². The Morgan fingerprint density at radius 1 is 1.22 bits per heavy atom. The van der Waals surface area contributed by atoms with Crippen LogP contribution in [0.1, 0.15) is 5.56 Å². The van der Waals surface area contributed by atoms with Crippen LogP contribution in [0.5, 0.6) is 5.75 Å². The number of carbonyl (C=O) groups excluding carboxylic acids is 1. The van der Waals surface area contributed by atoms with E-state index in [1.165, 1.54) is 4.90 Å². The third kappa shape index (κ3) is 3.26. The maximum absolute atomic E-state index is 13.5. The highest BCUT2D eigenvalue weighted by atomic mass is 19.2. The van der Waals surface area contributed by atoms with Gasteiger partial charge in [0.15, 0.2) is 11.6 Å². The maximum Gasteiger partial charge on any atom is 0.246 e. The Kier molecular flexibility index (Phi) is 4.14. The highest BCUT2D eigenvalue weighted by Crippen LogP contribution is 2.31. The molecule has 1 aliphatic heterocycles. The summed E-state index contributed by atoms with van der Waals surface area (Å²) in [7, 11) is 0. The fourth-order valence-electron chi connectivity index (χ4n) is 2.51. The summed E-state index contributed by atoms with van der Waals surface area (Å²) in [5, 5.41) is 2.79. The van der Waals surface area contributed by atoms with Crippen LogP contribution in [0, 0.1) is 18.6 Å². The lowest BCUT2D eigenvalue weighted by molar-refractivity contribution is -0.117. The van der Waals surface area contributed by atoms with E-state index >= 15 is 0 Å². The van der Waals surface area contributed by atoms with Gasteiger partial charge in [0.05, 0.1) is 24.5 Å². The first-order valence-corrected chi connectivity index (χ1v) is 7.27. The van der Waals surface area contributed by atoms with Gasteiger partial charge in [0.1, 0.15) is 12.4 Å². The van der Waals surface area contributed by atoms with E-state index in [1.807, 2.05) is 31.2 Å². The Balaban J connectivity index is 1.73. The van der Waals surface area contributed by atoms with Crippen molar-refractivity contribution in [3.8, 4) is 5.75 Å². The molecule has 0 atom stereocenters. The number of nitrogens with zero attached hydrogens (tertiary/aromatic N) is 1. The first kappa shape index (κ1) is 15.3. The summed E-state index contributed by atoms with van der Waals surface area (Å²) in [6.07, 6.45) is 0. The molecule has 0 fully saturated rings. The highest BCUT2D eigenvalue weighted by molar-refractivity contribution is 6.02. The summed E-state index contributed by atoms with van der Waals surface area (Å²) in [6.45, 7) is 2.52. The molecule has 0 saturated heterocycles. The zero-order valence-corrected chi connectivity index (χ0v) is 12.6. The fraction of sp³-hybridized carbons (Fsp3) is 0.235. The lowest BCUT2D eigenvalue weighted by Crippen LogP contribution is -2.42. The molecular formula is C17H16F2N2O2. The molecule has 120 valence electrons. The number of benzene rings is 2. The summed E-state index contributed by atoms with van der Waals surface area (Å²) in [5.74, 6) is -1.43. The van der Waals surface area contributed by atoms with Gasteiger partial charge in [0.2, 0.25) is 5.91 Å². The van der Waals surface area contributed by atoms with E-state index in [0.717, 1.165) is 17.7 Å². The van der Waals surface area contributed by atoms with Gasteiger partial charge >= 0.3 is 0 Å². The maximum atomic E-state index is 13.5. The van der Waals surface area contributed by atoms with Crippen molar-refractivity contribution in [1.29, 1.82) is 0 Å². The minimum absolute atomic E-state index is 0.0442. The Morgan fingerprint density at radius 2 is 2.00 bits per heavy atom. The summed E-state index contributed by atoms with van der Waals surface area (Å²) in [4.78, 5) is 13.4. The van der Waals surface area contributed by atoms with Crippen LogP contribution in [0.4, 0.5) is 20.2 Å². The number of halogens is 2. The molecule has 1 amide bonds. The number of hydrogen-bond donors (Lipinski definition) is 1. The van der Waals surface area contributed by atoms with Crippen molar-refractivity contribution < 1.29 is 18.3 Å². The molecule has 0 bridgehead atoms. The number of nitrogens with one attached hydrogen (secondary N) is 1. The standard InChI is InChI=1S/C17H16F2N2O2/c1-11-3-2-4-12(7-11)23-6-5-21-16-9-14(19)13(18)8-15(16)20-10-17(21)22/h2-4,7-9,20H,5-6,10H2,1H3. The zero-order valence-electron chi connectivity index (χ0n) is 12.6. The normalized spacial score (nSPS) is 13.5. The minimum atomic E-state index is -0.982. The molecule has 4 nitrogen and oxygen atoms in total. The summed E-state index contributed by atoms with van der Waals surface area (Å²) >= 11 is 0. The van der Waals surface area contributed by atoms with E-state index in [0.29, 0.717) is 17.1 Å². The molecule has 2 aromatic carbocycles. The first-order valence-electron chi connectivity index (χ1n) is 7.27. The quantitative estimate of drug-likeness (QED) is 0.942. The Labute approximate surface area is 132 Å². The minimum Gasteiger partial charge on any atom is -0.492 e. The van der Waals surface area contributed by atoms with Gasteiger partial charge in [-0.05, 0) is 24.6 Å². The van der Waals surface area contributed by atoms with E-state index in [-0.39, 0.29) is 25.6 Å². The van der Waals surface area contributed by atoms with Gasteiger partial charge in [0.25, 0.3) is 0 Å². The molecular weight excluding hydrogens is 302 g/mol. The number of hydrogen-bond acceptors (Lipinski definition) is 3. The zero-order chi connectivity index (χ0) is 16.4. The van der Waals surface area contributed by atoms with Crippen molar-refractivity contribution in [3.63, 3.8) is 0 Å². The lowest BCUT2D eigenvalue weighted by Gasteiger charge is -2.30. The number of fused-ring (bicyclic) bond motifs is 1. The number of ether oxygens (including phenoxy) is 1. The van der Waals surface area contributed by atoms with Crippen LogP contribution in [0.25, 0.3) is 0 Å². The van der Waals surface area contributed by atoms with Crippen molar-refractivity contribution >= 4 is 17.3 Å². The summed E-state index contributed by atoms with van der Waals surface area (Å²) < 4.78 is 32.4. The molecule has 1 aliphatic rings. The number of amides is 1. The largest absolute Gasteiger partial charge is 0.492 e. The average Bonchev–Trinajstić information content (AvgIpc) is 2.51. The van der Waals surface area contributed by atoms with Gasteiger partial charge in [-0.1, -0.05) is 12.1 Å². The molecule has 23 heavy (non-hydrogen) atoms. The summed E-state index contributed by atoms with van der Waals surface area (Å²) in [5.41, 5.74) is 1.80. The second kappa shape index (κ2) is 6.24. The van der Waals surface area contributed by atoms with Gasteiger partial charge < -0.3 is 15.0 Å². The molecule has 3 rings (SSSR count). The van der Waals surface area contributed by atoms with E-state index in [1.54, 1.807) is 0 Å².